The van der Waals surface area contributed by atoms with E-state index in [2.05, 4.69) is 46.8 Å². The Morgan fingerprint density at radius 1 is 1.05 bits per heavy atom. The summed E-state index contributed by atoms with van der Waals surface area (Å²) in [6, 6.07) is 12.1. The second kappa shape index (κ2) is 4.61. The molecule has 0 saturated carbocycles. The van der Waals surface area contributed by atoms with Crippen LogP contribution < -0.4 is 11.1 Å². The Balaban J connectivity index is 1.84. The minimum atomic E-state index is 0.567. The van der Waals surface area contributed by atoms with E-state index in [4.69, 9.17) is 10.4 Å². The Hall–Kier alpha value is -2.56. The smallest absolute Gasteiger partial charge is 0.160 e. The SMILES string of the molecule is Cc1ccc(CNc2ccc(N)c3nonc23)cc1. The Labute approximate surface area is 110 Å². The molecule has 19 heavy (non-hydrogen) atoms. The molecule has 0 aliphatic rings. The number of aromatic nitrogens is 2. The first-order chi connectivity index (χ1) is 9.24. The summed E-state index contributed by atoms with van der Waals surface area (Å²) >= 11 is 0. The van der Waals surface area contributed by atoms with Crippen molar-refractivity contribution in [1.29, 1.82) is 0 Å². The molecule has 0 aliphatic carbocycles. The predicted octanol–water partition coefficient (Wildman–Crippen LogP) is 2.73. The lowest BCUT2D eigenvalue weighted by atomic mass is 10.1. The number of nitrogens with two attached hydrogens (primary N) is 1. The van der Waals surface area contributed by atoms with Gasteiger partial charge in [0.1, 0.15) is 0 Å². The van der Waals surface area contributed by atoms with Crippen LogP contribution in [0.3, 0.4) is 0 Å². The molecule has 0 bridgehead atoms. The van der Waals surface area contributed by atoms with Gasteiger partial charge in [-0.1, -0.05) is 29.8 Å². The topological polar surface area (TPSA) is 77.0 Å². The molecule has 1 aromatic heterocycles. The zero-order chi connectivity index (χ0) is 13.2. The summed E-state index contributed by atoms with van der Waals surface area (Å²) in [7, 11) is 0. The highest BCUT2D eigenvalue weighted by atomic mass is 16.6. The highest BCUT2D eigenvalue weighted by Gasteiger charge is 2.09. The maximum absolute atomic E-state index is 5.80. The molecule has 1 heterocycles. The van der Waals surface area contributed by atoms with Crippen LogP contribution in [0.4, 0.5) is 11.4 Å². The van der Waals surface area contributed by atoms with Gasteiger partial charge < -0.3 is 11.1 Å². The van der Waals surface area contributed by atoms with Crippen molar-refractivity contribution < 1.29 is 4.63 Å². The van der Waals surface area contributed by atoms with E-state index in [1.807, 2.05) is 6.07 Å². The zero-order valence-electron chi connectivity index (χ0n) is 10.6. The van der Waals surface area contributed by atoms with E-state index < -0.39 is 0 Å². The van der Waals surface area contributed by atoms with Crippen molar-refractivity contribution in [2.45, 2.75) is 13.5 Å². The van der Waals surface area contributed by atoms with Gasteiger partial charge in [-0.15, -0.1) is 0 Å². The molecule has 3 aromatic rings. The van der Waals surface area contributed by atoms with Crippen molar-refractivity contribution in [2.75, 3.05) is 11.1 Å². The molecular formula is C14H14N4O. The lowest BCUT2D eigenvalue weighted by molar-refractivity contribution is 0.316. The Kier molecular flexibility index (Phi) is 2.79. The minimum absolute atomic E-state index is 0.567. The summed E-state index contributed by atoms with van der Waals surface area (Å²) in [5.41, 5.74) is 10.9. The molecule has 5 heteroatoms. The number of nitrogen functional groups attached to an aromatic ring is 1. The van der Waals surface area contributed by atoms with E-state index in [1.165, 1.54) is 11.1 Å². The maximum Gasteiger partial charge on any atom is 0.160 e. The molecule has 0 saturated heterocycles. The number of aryl methyl sites for hydroxylation is 1. The average molecular weight is 254 g/mol. The molecule has 0 fully saturated rings. The number of hydrogen-bond donors (Lipinski definition) is 2. The fourth-order valence-electron chi connectivity index (χ4n) is 1.93. The Morgan fingerprint density at radius 3 is 2.58 bits per heavy atom. The van der Waals surface area contributed by atoms with E-state index in [0.717, 1.165) is 5.69 Å². The number of hydrogen-bond acceptors (Lipinski definition) is 5. The third-order valence-electron chi connectivity index (χ3n) is 3.05. The van der Waals surface area contributed by atoms with E-state index in [9.17, 15) is 0 Å². The first-order valence-electron chi connectivity index (χ1n) is 6.04. The summed E-state index contributed by atoms with van der Waals surface area (Å²) in [6.07, 6.45) is 0. The summed E-state index contributed by atoms with van der Waals surface area (Å²) in [5.74, 6) is 0. The molecule has 5 nitrogen and oxygen atoms in total. The summed E-state index contributed by atoms with van der Waals surface area (Å²) < 4.78 is 4.73. The van der Waals surface area contributed by atoms with Crippen LogP contribution in [0.2, 0.25) is 0 Å². The van der Waals surface area contributed by atoms with Crippen molar-refractivity contribution in [3.8, 4) is 0 Å². The van der Waals surface area contributed by atoms with Gasteiger partial charge in [0.05, 0.1) is 11.4 Å². The van der Waals surface area contributed by atoms with E-state index in [1.54, 1.807) is 6.07 Å². The number of nitrogens with zero attached hydrogens (tertiary/aromatic N) is 2. The van der Waals surface area contributed by atoms with Gasteiger partial charge >= 0.3 is 0 Å². The van der Waals surface area contributed by atoms with Gasteiger partial charge in [0.2, 0.25) is 0 Å². The predicted molar refractivity (Wildman–Crippen MR) is 74.7 cm³/mol. The fourth-order valence-corrected chi connectivity index (χ4v) is 1.93. The van der Waals surface area contributed by atoms with E-state index in [0.29, 0.717) is 23.3 Å². The lowest BCUT2D eigenvalue weighted by Crippen LogP contribution is -2.00. The van der Waals surface area contributed by atoms with Crippen LogP contribution in [-0.2, 0) is 6.54 Å². The molecule has 0 radical (unpaired) electrons. The van der Waals surface area contributed by atoms with Crippen molar-refractivity contribution >= 4 is 22.4 Å². The fraction of sp³-hybridized carbons (Fsp3) is 0.143. The van der Waals surface area contributed by atoms with E-state index >= 15 is 0 Å². The van der Waals surface area contributed by atoms with Crippen LogP contribution in [0.1, 0.15) is 11.1 Å². The molecule has 3 rings (SSSR count). The van der Waals surface area contributed by atoms with Crippen molar-refractivity contribution in [3.05, 3.63) is 47.5 Å². The zero-order valence-corrected chi connectivity index (χ0v) is 10.6. The van der Waals surface area contributed by atoms with Gasteiger partial charge in [-0.2, -0.15) is 0 Å². The molecule has 0 spiro atoms. The van der Waals surface area contributed by atoms with Crippen LogP contribution in [-0.4, -0.2) is 10.3 Å². The molecule has 0 amide bonds. The molecule has 0 aliphatic heterocycles. The third kappa shape index (κ3) is 2.22. The first-order valence-corrected chi connectivity index (χ1v) is 6.04. The van der Waals surface area contributed by atoms with Crippen molar-refractivity contribution in [3.63, 3.8) is 0 Å². The van der Waals surface area contributed by atoms with Crippen LogP contribution in [0.15, 0.2) is 41.0 Å². The highest BCUT2D eigenvalue weighted by molar-refractivity contribution is 5.94. The first kappa shape index (κ1) is 11.5. The molecular weight excluding hydrogens is 240 g/mol. The number of fused-ring (bicyclic) bond motifs is 1. The largest absolute Gasteiger partial charge is 0.397 e. The number of rotatable bonds is 3. The quantitative estimate of drug-likeness (QED) is 0.703. The van der Waals surface area contributed by atoms with Crippen molar-refractivity contribution in [2.24, 2.45) is 0 Å². The summed E-state index contributed by atoms with van der Waals surface area (Å²) in [6.45, 7) is 2.79. The average Bonchev–Trinajstić information content (AvgIpc) is 2.90. The second-order valence-corrected chi connectivity index (χ2v) is 4.50. The standard InChI is InChI=1S/C14H14N4O/c1-9-2-4-10(5-3-9)8-16-12-7-6-11(15)13-14(12)18-19-17-13/h2-7,16H,8,15H2,1H3. The molecule has 0 atom stereocenters. The van der Waals surface area contributed by atoms with E-state index in [-0.39, 0.29) is 0 Å². The normalized spacial score (nSPS) is 10.8. The monoisotopic (exact) mass is 254 g/mol. The number of anilines is 2. The van der Waals surface area contributed by atoms with Crippen LogP contribution in [0.5, 0.6) is 0 Å². The number of nitrogens with one attached hydrogen (secondary N) is 1. The molecule has 0 unspecified atom stereocenters. The summed E-state index contributed by atoms with van der Waals surface area (Å²) in [4.78, 5) is 0. The van der Waals surface area contributed by atoms with Gasteiger partial charge in [-0.25, -0.2) is 4.63 Å². The van der Waals surface area contributed by atoms with Crippen LogP contribution >= 0.6 is 0 Å². The van der Waals surface area contributed by atoms with Crippen LogP contribution in [0, 0.1) is 6.92 Å². The van der Waals surface area contributed by atoms with Crippen LogP contribution in [0.25, 0.3) is 11.0 Å². The van der Waals surface area contributed by atoms with Crippen molar-refractivity contribution in [1.82, 2.24) is 10.3 Å². The van der Waals surface area contributed by atoms with Gasteiger partial charge in [0.15, 0.2) is 11.0 Å². The Bertz CT molecular complexity index is 703. The molecule has 3 N–H and O–H groups in total. The number of benzene rings is 2. The van der Waals surface area contributed by atoms with Gasteiger partial charge in [0, 0.05) is 6.54 Å². The molecule has 2 aromatic carbocycles. The minimum Gasteiger partial charge on any atom is -0.397 e. The highest BCUT2D eigenvalue weighted by Crippen LogP contribution is 2.25. The maximum atomic E-state index is 5.80. The lowest BCUT2D eigenvalue weighted by Gasteiger charge is -2.07. The van der Waals surface area contributed by atoms with Gasteiger partial charge in [-0.3, -0.25) is 0 Å². The second-order valence-electron chi connectivity index (χ2n) is 4.50. The molecule has 96 valence electrons. The Morgan fingerprint density at radius 2 is 1.79 bits per heavy atom. The third-order valence-corrected chi connectivity index (χ3v) is 3.05. The van der Waals surface area contributed by atoms with Gasteiger partial charge in [0.25, 0.3) is 0 Å². The van der Waals surface area contributed by atoms with Gasteiger partial charge in [-0.05, 0) is 34.9 Å². The summed E-state index contributed by atoms with van der Waals surface area (Å²) in [5, 5.41) is 11.0.